The van der Waals surface area contributed by atoms with Crippen molar-refractivity contribution >= 4 is 5.71 Å². The molecule has 25 heavy (non-hydrogen) atoms. The van der Waals surface area contributed by atoms with Gasteiger partial charge in [0.2, 0.25) is 0 Å². The Bertz CT molecular complexity index is 581. The molecule has 1 aromatic rings. The van der Waals surface area contributed by atoms with Gasteiger partial charge in [-0.05, 0) is 56.0 Å². The van der Waals surface area contributed by atoms with Gasteiger partial charge >= 0.3 is 0 Å². The largest absolute Gasteiger partial charge is 0.486 e. The van der Waals surface area contributed by atoms with Gasteiger partial charge in [0, 0.05) is 24.2 Å². The van der Waals surface area contributed by atoms with Gasteiger partial charge < -0.3 is 14.9 Å². The number of fused-ring (bicyclic) bond motifs is 1. The Balaban J connectivity index is 0.000000880. The Labute approximate surface area is 152 Å². The second-order valence-corrected chi connectivity index (χ2v) is 7.04. The van der Waals surface area contributed by atoms with Gasteiger partial charge in [-0.25, -0.2) is 0 Å². The minimum Gasteiger partial charge on any atom is -0.486 e. The van der Waals surface area contributed by atoms with Crippen LogP contribution in [-0.4, -0.2) is 43.0 Å². The van der Waals surface area contributed by atoms with Crippen LogP contribution in [0, 0.1) is 11.3 Å². The van der Waals surface area contributed by atoms with E-state index in [-0.39, 0.29) is 0 Å². The smallest absolute Gasteiger partial charge is 0.162 e. The van der Waals surface area contributed by atoms with Crippen LogP contribution in [0.3, 0.4) is 0 Å². The van der Waals surface area contributed by atoms with Crippen molar-refractivity contribution in [3.63, 3.8) is 0 Å². The van der Waals surface area contributed by atoms with E-state index >= 15 is 0 Å². The molecule has 0 amide bonds. The summed E-state index contributed by atoms with van der Waals surface area (Å²) in [6.45, 7) is 7.49. The monoisotopic (exact) mass is 344 g/mol. The molecule has 1 aromatic carbocycles. The molecule has 4 rings (SSSR count). The molecule has 1 unspecified atom stereocenters. The molecule has 0 bridgehead atoms. The molecule has 3 aliphatic rings. The number of ether oxygens (including phenoxy) is 2. The van der Waals surface area contributed by atoms with Crippen molar-refractivity contribution in [2.24, 2.45) is 5.92 Å². The van der Waals surface area contributed by atoms with Gasteiger partial charge in [-0.15, -0.1) is 0 Å². The van der Waals surface area contributed by atoms with Crippen molar-refractivity contribution in [1.29, 1.82) is 5.41 Å². The molecule has 1 saturated carbocycles. The number of hydrogen-bond acceptors (Lipinski definition) is 4. The summed E-state index contributed by atoms with van der Waals surface area (Å²) in [4.78, 5) is 2.65. The predicted octanol–water partition coefficient (Wildman–Crippen LogP) is 4.51. The summed E-state index contributed by atoms with van der Waals surface area (Å²) in [6.07, 6.45) is 7.82. The van der Waals surface area contributed by atoms with E-state index in [9.17, 15) is 0 Å². The molecule has 2 aliphatic heterocycles. The lowest BCUT2D eigenvalue weighted by Gasteiger charge is -2.37. The first kappa shape index (κ1) is 18.2. The Morgan fingerprint density at radius 2 is 1.72 bits per heavy atom. The van der Waals surface area contributed by atoms with Gasteiger partial charge in [0.05, 0.1) is 0 Å². The van der Waals surface area contributed by atoms with E-state index < -0.39 is 0 Å². The maximum Gasteiger partial charge on any atom is 0.162 e. The molecular formula is C21H32N2O2. The standard InChI is InChI=1S/C19H26N2O2.C2H6/c20-19(14-7-8-17-18(12-14)23-11-10-22-17)15-4-3-9-21(13-15)16-5-1-2-6-16;1-2/h7-8,12,15-16,20H,1-6,9-11,13H2;1-2H3. The molecule has 4 heteroatoms. The summed E-state index contributed by atoms with van der Waals surface area (Å²) in [5.41, 5.74) is 1.76. The van der Waals surface area contributed by atoms with Gasteiger partial charge in [0.1, 0.15) is 13.2 Å². The fraction of sp³-hybridized carbons (Fsp3) is 0.667. The molecule has 2 fully saturated rings. The molecule has 4 nitrogen and oxygen atoms in total. The topological polar surface area (TPSA) is 45.6 Å². The van der Waals surface area contributed by atoms with Crippen molar-refractivity contribution < 1.29 is 9.47 Å². The molecule has 2 heterocycles. The van der Waals surface area contributed by atoms with Crippen molar-refractivity contribution in [3.8, 4) is 11.5 Å². The van der Waals surface area contributed by atoms with E-state index in [1.165, 1.54) is 38.6 Å². The number of benzene rings is 1. The van der Waals surface area contributed by atoms with Crippen LogP contribution in [-0.2, 0) is 0 Å². The van der Waals surface area contributed by atoms with Crippen LogP contribution in [0.5, 0.6) is 11.5 Å². The second kappa shape index (κ2) is 8.70. The number of likely N-dealkylation sites (tertiary alicyclic amines) is 1. The van der Waals surface area contributed by atoms with E-state index in [2.05, 4.69) is 4.90 Å². The van der Waals surface area contributed by atoms with Crippen LogP contribution in [0.15, 0.2) is 18.2 Å². The second-order valence-electron chi connectivity index (χ2n) is 7.04. The summed E-state index contributed by atoms with van der Waals surface area (Å²) in [6, 6.07) is 6.73. The highest BCUT2D eigenvalue weighted by atomic mass is 16.6. The fourth-order valence-electron chi connectivity index (χ4n) is 4.29. The van der Waals surface area contributed by atoms with E-state index in [1.807, 2.05) is 32.0 Å². The molecule has 1 saturated heterocycles. The van der Waals surface area contributed by atoms with Crippen molar-refractivity contribution in [1.82, 2.24) is 4.90 Å². The summed E-state index contributed by atoms with van der Waals surface area (Å²) in [7, 11) is 0. The third-order valence-corrected chi connectivity index (χ3v) is 5.56. The SMILES string of the molecule is CC.N=C(c1ccc2c(c1)OCCO2)C1CCCN(C2CCCC2)C1. The fourth-order valence-corrected chi connectivity index (χ4v) is 4.29. The van der Waals surface area contributed by atoms with Crippen LogP contribution >= 0.6 is 0 Å². The Morgan fingerprint density at radius 1 is 1.00 bits per heavy atom. The summed E-state index contributed by atoms with van der Waals surface area (Å²) >= 11 is 0. The average molecular weight is 344 g/mol. The lowest BCUT2D eigenvalue weighted by Crippen LogP contribution is -2.43. The first-order valence-electron chi connectivity index (χ1n) is 10.0. The minimum atomic E-state index is 0.354. The Hall–Kier alpha value is -1.55. The lowest BCUT2D eigenvalue weighted by molar-refractivity contribution is 0.147. The first-order chi connectivity index (χ1) is 12.3. The van der Waals surface area contributed by atoms with Gasteiger partial charge in [-0.1, -0.05) is 26.7 Å². The first-order valence-corrected chi connectivity index (χ1v) is 10.0. The van der Waals surface area contributed by atoms with Gasteiger partial charge in [0.15, 0.2) is 11.5 Å². The Morgan fingerprint density at radius 3 is 2.48 bits per heavy atom. The van der Waals surface area contributed by atoms with Gasteiger partial charge in [0.25, 0.3) is 0 Å². The highest BCUT2D eigenvalue weighted by molar-refractivity contribution is 6.00. The quantitative estimate of drug-likeness (QED) is 0.821. The molecule has 1 aliphatic carbocycles. The number of nitrogens with zero attached hydrogens (tertiary/aromatic N) is 1. The summed E-state index contributed by atoms with van der Waals surface area (Å²) < 4.78 is 11.3. The molecule has 138 valence electrons. The molecule has 1 N–H and O–H groups in total. The van der Waals surface area contributed by atoms with Crippen molar-refractivity contribution in [2.45, 2.75) is 58.4 Å². The number of nitrogens with one attached hydrogen (secondary N) is 1. The van der Waals surface area contributed by atoms with Crippen LogP contribution in [0.1, 0.15) is 57.9 Å². The van der Waals surface area contributed by atoms with E-state index in [0.29, 0.717) is 19.1 Å². The number of rotatable bonds is 3. The third kappa shape index (κ3) is 4.17. The number of hydrogen-bond donors (Lipinski definition) is 1. The zero-order valence-corrected chi connectivity index (χ0v) is 15.7. The van der Waals surface area contributed by atoms with Gasteiger partial charge in [-0.3, -0.25) is 4.90 Å². The zero-order chi connectivity index (χ0) is 17.6. The van der Waals surface area contributed by atoms with E-state index in [4.69, 9.17) is 14.9 Å². The van der Waals surface area contributed by atoms with Crippen molar-refractivity contribution in [3.05, 3.63) is 23.8 Å². The summed E-state index contributed by atoms with van der Waals surface area (Å²) in [5, 5.41) is 8.68. The lowest BCUT2D eigenvalue weighted by atomic mass is 9.88. The predicted molar refractivity (Wildman–Crippen MR) is 102 cm³/mol. The highest BCUT2D eigenvalue weighted by Crippen LogP contribution is 2.33. The molecular weight excluding hydrogens is 312 g/mol. The van der Waals surface area contributed by atoms with E-state index in [0.717, 1.165) is 41.8 Å². The van der Waals surface area contributed by atoms with Crippen molar-refractivity contribution in [2.75, 3.05) is 26.3 Å². The van der Waals surface area contributed by atoms with Crippen LogP contribution in [0.2, 0.25) is 0 Å². The third-order valence-electron chi connectivity index (χ3n) is 5.56. The summed E-state index contributed by atoms with van der Waals surface area (Å²) in [5.74, 6) is 1.96. The van der Waals surface area contributed by atoms with E-state index in [1.54, 1.807) is 0 Å². The maximum atomic E-state index is 8.68. The highest BCUT2D eigenvalue weighted by Gasteiger charge is 2.30. The average Bonchev–Trinajstić information content (AvgIpc) is 3.23. The Kier molecular flexibility index (Phi) is 6.35. The molecule has 1 atom stereocenters. The van der Waals surface area contributed by atoms with Crippen LogP contribution < -0.4 is 9.47 Å². The number of piperidine rings is 1. The van der Waals surface area contributed by atoms with Crippen LogP contribution in [0.4, 0.5) is 0 Å². The molecule has 0 spiro atoms. The maximum absolute atomic E-state index is 8.68. The molecule has 0 aromatic heterocycles. The van der Waals surface area contributed by atoms with Crippen LogP contribution in [0.25, 0.3) is 0 Å². The molecule has 0 radical (unpaired) electrons. The zero-order valence-electron chi connectivity index (χ0n) is 15.7. The van der Waals surface area contributed by atoms with Gasteiger partial charge in [-0.2, -0.15) is 0 Å². The normalized spacial score (nSPS) is 23.7. The minimum absolute atomic E-state index is 0.354.